The van der Waals surface area contributed by atoms with Crippen LogP contribution in [-0.2, 0) is 21.2 Å². The molecule has 0 spiro atoms. The fourth-order valence-electron chi connectivity index (χ4n) is 1.79. The molecule has 0 heterocycles. The SMILES string of the molecule is CC(C)COCCNS(=O)(=O)c1ccc(CCCN)cc1. The van der Waals surface area contributed by atoms with Gasteiger partial charge < -0.3 is 10.5 Å². The molecule has 120 valence electrons. The minimum Gasteiger partial charge on any atom is -0.380 e. The molecule has 0 aliphatic heterocycles. The average molecular weight is 314 g/mol. The van der Waals surface area contributed by atoms with Crippen LogP contribution < -0.4 is 10.5 Å². The summed E-state index contributed by atoms with van der Waals surface area (Å²) in [5.74, 6) is 0.447. The highest BCUT2D eigenvalue weighted by molar-refractivity contribution is 7.89. The van der Waals surface area contributed by atoms with Crippen molar-refractivity contribution < 1.29 is 13.2 Å². The molecule has 0 bridgehead atoms. The zero-order valence-corrected chi connectivity index (χ0v) is 13.7. The van der Waals surface area contributed by atoms with Crippen molar-refractivity contribution in [2.45, 2.75) is 31.6 Å². The molecule has 1 rings (SSSR count). The van der Waals surface area contributed by atoms with E-state index in [1.54, 1.807) is 12.1 Å². The van der Waals surface area contributed by atoms with Crippen LogP contribution >= 0.6 is 0 Å². The minimum absolute atomic E-state index is 0.280. The Bertz CT molecular complexity index is 498. The Morgan fingerprint density at radius 3 is 2.48 bits per heavy atom. The van der Waals surface area contributed by atoms with Gasteiger partial charge >= 0.3 is 0 Å². The fourth-order valence-corrected chi connectivity index (χ4v) is 2.81. The number of benzene rings is 1. The van der Waals surface area contributed by atoms with Gasteiger partial charge in [-0.05, 0) is 43.0 Å². The van der Waals surface area contributed by atoms with Gasteiger partial charge in [0.1, 0.15) is 0 Å². The number of hydrogen-bond donors (Lipinski definition) is 2. The Morgan fingerprint density at radius 2 is 1.90 bits per heavy atom. The Labute approximate surface area is 127 Å². The van der Waals surface area contributed by atoms with Crippen LogP contribution in [0.25, 0.3) is 0 Å². The highest BCUT2D eigenvalue weighted by atomic mass is 32.2. The summed E-state index contributed by atoms with van der Waals surface area (Å²) in [6.45, 7) is 6.04. The molecule has 0 atom stereocenters. The van der Waals surface area contributed by atoms with Gasteiger partial charge in [0, 0.05) is 13.2 Å². The molecule has 0 fully saturated rings. The summed E-state index contributed by atoms with van der Waals surface area (Å²) in [6, 6.07) is 6.92. The lowest BCUT2D eigenvalue weighted by molar-refractivity contribution is 0.114. The van der Waals surface area contributed by atoms with E-state index in [0.29, 0.717) is 25.7 Å². The van der Waals surface area contributed by atoms with Crippen molar-refractivity contribution in [1.29, 1.82) is 0 Å². The Kier molecular flexibility index (Phi) is 7.88. The monoisotopic (exact) mass is 314 g/mol. The number of rotatable bonds is 10. The highest BCUT2D eigenvalue weighted by Gasteiger charge is 2.12. The first kappa shape index (κ1) is 18.1. The Balaban J connectivity index is 2.46. The molecular formula is C15H26N2O3S. The molecule has 0 aromatic heterocycles. The molecule has 1 aromatic rings. The summed E-state index contributed by atoms with van der Waals surface area (Å²) in [5.41, 5.74) is 6.55. The van der Waals surface area contributed by atoms with Crippen molar-refractivity contribution in [1.82, 2.24) is 4.72 Å². The van der Waals surface area contributed by atoms with Gasteiger partial charge in [-0.25, -0.2) is 13.1 Å². The van der Waals surface area contributed by atoms with Crippen LogP contribution in [0.15, 0.2) is 29.2 Å². The zero-order chi connectivity index (χ0) is 15.7. The lowest BCUT2D eigenvalue weighted by atomic mass is 10.1. The number of nitrogens with two attached hydrogens (primary N) is 1. The molecular weight excluding hydrogens is 288 g/mol. The van der Waals surface area contributed by atoms with Crippen molar-refractivity contribution in [2.24, 2.45) is 11.7 Å². The van der Waals surface area contributed by atoms with Gasteiger partial charge in [0.2, 0.25) is 10.0 Å². The summed E-state index contributed by atoms with van der Waals surface area (Å²) in [4.78, 5) is 0.280. The first-order chi connectivity index (χ1) is 9.95. The third-order valence-electron chi connectivity index (χ3n) is 2.89. The molecule has 1 aromatic carbocycles. The van der Waals surface area contributed by atoms with Crippen molar-refractivity contribution in [3.63, 3.8) is 0 Å². The second-order valence-electron chi connectivity index (χ2n) is 5.40. The van der Waals surface area contributed by atoms with Crippen LogP contribution in [0.2, 0.25) is 0 Å². The van der Waals surface area contributed by atoms with Gasteiger partial charge in [-0.1, -0.05) is 26.0 Å². The molecule has 0 aliphatic rings. The van der Waals surface area contributed by atoms with Crippen molar-refractivity contribution in [3.8, 4) is 0 Å². The van der Waals surface area contributed by atoms with E-state index in [-0.39, 0.29) is 11.4 Å². The lowest BCUT2D eigenvalue weighted by Gasteiger charge is -2.09. The van der Waals surface area contributed by atoms with E-state index in [1.807, 2.05) is 12.1 Å². The summed E-state index contributed by atoms with van der Waals surface area (Å²) in [5, 5.41) is 0. The molecule has 0 amide bonds. The predicted molar refractivity (Wildman–Crippen MR) is 84.7 cm³/mol. The van der Waals surface area contributed by atoms with E-state index in [9.17, 15) is 8.42 Å². The van der Waals surface area contributed by atoms with Crippen LogP contribution in [0.3, 0.4) is 0 Å². The van der Waals surface area contributed by atoms with Gasteiger partial charge in [-0.2, -0.15) is 0 Å². The van der Waals surface area contributed by atoms with E-state index in [0.717, 1.165) is 18.4 Å². The number of aryl methyl sites for hydroxylation is 1. The van der Waals surface area contributed by atoms with Crippen LogP contribution in [0.1, 0.15) is 25.8 Å². The maximum absolute atomic E-state index is 12.1. The quantitative estimate of drug-likeness (QED) is 0.642. The van der Waals surface area contributed by atoms with E-state index in [2.05, 4.69) is 18.6 Å². The van der Waals surface area contributed by atoms with Crippen LogP contribution in [0, 0.1) is 5.92 Å². The van der Waals surface area contributed by atoms with Crippen LogP contribution in [0.4, 0.5) is 0 Å². The third-order valence-corrected chi connectivity index (χ3v) is 4.37. The smallest absolute Gasteiger partial charge is 0.240 e. The van der Waals surface area contributed by atoms with Gasteiger partial charge in [-0.3, -0.25) is 0 Å². The highest BCUT2D eigenvalue weighted by Crippen LogP contribution is 2.11. The predicted octanol–water partition coefficient (Wildman–Crippen LogP) is 1.53. The maximum atomic E-state index is 12.1. The normalized spacial score (nSPS) is 12.0. The average Bonchev–Trinajstić information content (AvgIpc) is 2.44. The molecule has 0 unspecified atom stereocenters. The zero-order valence-electron chi connectivity index (χ0n) is 12.8. The second kappa shape index (κ2) is 9.15. The number of ether oxygens (including phenoxy) is 1. The molecule has 0 saturated heterocycles. The fraction of sp³-hybridized carbons (Fsp3) is 0.600. The molecule has 5 nitrogen and oxygen atoms in total. The van der Waals surface area contributed by atoms with E-state index in [1.165, 1.54) is 0 Å². The molecule has 0 saturated carbocycles. The van der Waals surface area contributed by atoms with E-state index >= 15 is 0 Å². The maximum Gasteiger partial charge on any atom is 0.240 e. The first-order valence-electron chi connectivity index (χ1n) is 7.32. The number of hydrogen-bond acceptors (Lipinski definition) is 4. The van der Waals surface area contributed by atoms with Crippen molar-refractivity contribution in [3.05, 3.63) is 29.8 Å². The van der Waals surface area contributed by atoms with Crippen molar-refractivity contribution >= 4 is 10.0 Å². The van der Waals surface area contributed by atoms with Crippen molar-refractivity contribution in [2.75, 3.05) is 26.3 Å². The van der Waals surface area contributed by atoms with Gasteiger partial charge in [0.05, 0.1) is 11.5 Å². The molecule has 0 aliphatic carbocycles. The second-order valence-corrected chi connectivity index (χ2v) is 7.17. The Morgan fingerprint density at radius 1 is 1.24 bits per heavy atom. The first-order valence-corrected chi connectivity index (χ1v) is 8.80. The lowest BCUT2D eigenvalue weighted by Crippen LogP contribution is -2.27. The van der Waals surface area contributed by atoms with E-state index < -0.39 is 10.0 Å². The summed E-state index contributed by atoms with van der Waals surface area (Å²) >= 11 is 0. The minimum atomic E-state index is -3.45. The third kappa shape index (κ3) is 7.04. The van der Waals surface area contributed by atoms with Crippen LogP contribution in [0.5, 0.6) is 0 Å². The molecule has 0 radical (unpaired) electrons. The summed E-state index contributed by atoms with van der Waals surface area (Å²) in [7, 11) is -3.45. The Hall–Kier alpha value is -0.950. The number of nitrogens with one attached hydrogen (secondary N) is 1. The summed E-state index contributed by atoms with van der Waals surface area (Å²) in [6.07, 6.45) is 1.77. The topological polar surface area (TPSA) is 81.4 Å². The standard InChI is InChI=1S/C15H26N2O3S/c1-13(2)12-20-11-10-17-21(18,19)15-7-5-14(6-8-15)4-3-9-16/h5-8,13,17H,3-4,9-12,16H2,1-2H3. The number of sulfonamides is 1. The van der Waals surface area contributed by atoms with Crippen LogP contribution in [-0.4, -0.2) is 34.7 Å². The van der Waals surface area contributed by atoms with Gasteiger partial charge in [0.25, 0.3) is 0 Å². The van der Waals surface area contributed by atoms with E-state index in [4.69, 9.17) is 10.5 Å². The van der Waals surface area contributed by atoms with Gasteiger partial charge in [-0.15, -0.1) is 0 Å². The molecule has 6 heteroatoms. The summed E-state index contributed by atoms with van der Waals surface area (Å²) < 4.78 is 32.0. The van der Waals surface area contributed by atoms with Gasteiger partial charge in [0.15, 0.2) is 0 Å². The largest absolute Gasteiger partial charge is 0.380 e. The molecule has 21 heavy (non-hydrogen) atoms. The molecule has 3 N–H and O–H groups in total.